The highest BCUT2D eigenvalue weighted by molar-refractivity contribution is 5.88. The van der Waals surface area contributed by atoms with Crippen molar-refractivity contribution >= 4 is 11.9 Å². The smallest absolute Gasteiger partial charge is 0.317 e. The molecule has 0 spiro atoms. The van der Waals surface area contributed by atoms with Crippen LogP contribution in [-0.2, 0) is 4.79 Å². The molecule has 1 aliphatic carbocycles. The van der Waals surface area contributed by atoms with E-state index in [0.717, 1.165) is 12.8 Å². The predicted molar refractivity (Wildman–Crippen MR) is 98.8 cm³/mol. The summed E-state index contributed by atoms with van der Waals surface area (Å²) >= 11 is 0. The number of amides is 3. The molecule has 0 aromatic rings. The van der Waals surface area contributed by atoms with Crippen LogP contribution in [0.5, 0.6) is 0 Å². The second-order valence-corrected chi connectivity index (χ2v) is 7.16. The molecule has 1 rings (SSSR count). The molecule has 0 radical (unpaired) electrons. The number of urea groups is 1. The van der Waals surface area contributed by atoms with Crippen LogP contribution >= 0.6 is 0 Å². The van der Waals surface area contributed by atoms with E-state index >= 15 is 0 Å². The Morgan fingerprint density at radius 3 is 2.50 bits per heavy atom. The summed E-state index contributed by atoms with van der Waals surface area (Å²) in [6.07, 6.45) is 7.15. The summed E-state index contributed by atoms with van der Waals surface area (Å²) in [5.74, 6) is -0.0235. The van der Waals surface area contributed by atoms with Crippen molar-refractivity contribution in [1.82, 2.24) is 15.1 Å². The first-order valence-electron chi connectivity index (χ1n) is 8.83. The Morgan fingerprint density at radius 2 is 1.96 bits per heavy atom. The monoisotopic (exact) mass is 335 g/mol. The molecule has 24 heavy (non-hydrogen) atoms. The summed E-state index contributed by atoms with van der Waals surface area (Å²) in [6, 6.07) is -0.112. The van der Waals surface area contributed by atoms with Crippen LogP contribution in [0.4, 0.5) is 4.79 Å². The van der Waals surface area contributed by atoms with Gasteiger partial charge in [0.05, 0.1) is 0 Å². The lowest BCUT2D eigenvalue weighted by Gasteiger charge is -2.33. The number of hydrogen-bond acceptors (Lipinski definition) is 2. The van der Waals surface area contributed by atoms with E-state index in [1.165, 1.54) is 17.6 Å². The van der Waals surface area contributed by atoms with Gasteiger partial charge in [-0.1, -0.05) is 25.5 Å². The standard InChI is InChI=1S/C19H33N3O2/c1-7-22(18(24)20-5)14-13-21(6)17(23)11-10-16-15(2)9-8-12-19(16,3)4/h10-11H,7-9,12-14H2,1-6H3,(H,20,24)/b11-10+. The molecular formula is C19H33N3O2. The molecule has 0 aromatic heterocycles. The zero-order valence-corrected chi connectivity index (χ0v) is 16.1. The lowest BCUT2D eigenvalue weighted by atomic mass is 9.72. The largest absolute Gasteiger partial charge is 0.341 e. The zero-order valence-electron chi connectivity index (χ0n) is 16.1. The quantitative estimate of drug-likeness (QED) is 0.758. The molecule has 5 heteroatoms. The van der Waals surface area contributed by atoms with Gasteiger partial charge in [0.1, 0.15) is 0 Å². The molecule has 1 aliphatic rings. The summed E-state index contributed by atoms with van der Waals surface area (Å²) < 4.78 is 0. The number of hydrogen-bond donors (Lipinski definition) is 1. The minimum absolute atomic E-state index is 0.0235. The molecule has 0 unspecified atom stereocenters. The second kappa shape index (κ2) is 8.90. The first-order chi connectivity index (χ1) is 11.2. The third kappa shape index (κ3) is 5.39. The lowest BCUT2D eigenvalue weighted by molar-refractivity contribution is -0.124. The van der Waals surface area contributed by atoms with Crippen LogP contribution in [0.15, 0.2) is 23.3 Å². The van der Waals surface area contributed by atoms with Gasteiger partial charge in [0, 0.05) is 39.8 Å². The van der Waals surface area contributed by atoms with Gasteiger partial charge < -0.3 is 15.1 Å². The van der Waals surface area contributed by atoms with Gasteiger partial charge in [-0.15, -0.1) is 0 Å². The fourth-order valence-electron chi connectivity index (χ4n) is 3.23. The van der Waals surface area contributed by atoms with Crippen LogP contribution in [0.1, 0.15) is 47.0 Å². The van der Waals surface area contributed by atoms with Crippen molar-refractivity contribution in [3.63, 3.8) is 0 Å². The van der Waals surface area contributed by atoms with Gasteiger partial charge >= 0.3 is 6.03 Å². The van der Waals surface area contributed by atoms with Crippen LogP contribution in [0, 0.1) is 5.41 Å². The second-order valence-electron chi connectivity index (χ2n) is 7.16. The van der Waals surface area contributed by atoms with E-state index in [9.17, 15) is 9.59 Å². The first kappa shape index (κ1) is 20.3. The van der Waals surface area contributed by atoms with E-state index in [2.05, 4.69) is 26.1 Å². The highest BCUT2D eigenvalue weighted by Crippen LogP contribution is 2.40. The lowest BCUT2D eigenvalue weighted by Crippen LogP contribution is -2.42. The van der Waals surface area contributed by atoms with Gasteiger partial charge in [0.25, 0.3) is 0 Å². The Balaban J connectivity index is 2.65. The SMILES string of the molecule is CCN(CCN(C)C(=O)/C=C/C1=C(C)CCCC1(C)C)C(=O)NC. The molecule has 0 saturated heterocycles. The Labute approximate surface area is 146 Å². The number of carbonyl (C=O) groups excluding carboxylic acids is 2. The molecule has 0 aliphatic heterocycles. The maximum absolute atomic E-state index is 12.3. The fourth-order valence-corrected chi connectivity index (χ4v) is 3.23. The molecule has 0 atom stereocenters. The van der Waals surface area contributed by atoms with Crippen LogP contribution in [-0.4, -0.2) is 55.5 Å². The number of rotatable bonds is 6. The number of nitrogens with one attached hydrogen (secondary N) is 1. The van der Waals surface area contributed by atoms with Crippen molar-refractivity contribution < 1.29 is 9.59 Å². The molecule has 3 amide bonds. The first-order valence-corrected chi connectivity index (χ1v) is 8.83. The summed E-state index contributed by atoms with van der Waals surface area (Å²) in [7, 11) is 3.39. The van der Waals surface area contributed by atoms with Crippen molar-refractivity contribution in [1.29, 1.82) is 0 Å². The Bertz CT molecular complexity index is 521. The van der Waals surface area contributed by atoms with Crippen molar-refractivity contribution in [2.45, 2.75) is 47.0 Å². The van der Waals surface area contributed by atoms with E-state index in [1.807, 2.05) is 13.0 Å². The Kier molecular flexibility index (Phi) is 7.52. The van der Waals surface area contributed by atoms with Gasteiger partial charge in [-0.3, -0.25) is 4.79 Å². The van der Waals surface area contributed by atoms with Crippen molar-refractivity contribution in [2.75, 3.05) is 33.7 Å². The Hall–Kier alpha value is -1.78. The van der Waals surface area contributed by atoms with Gasteiger partial charge in [-0.25, -0.2) is 4.79 Å². The van der Waals surface area contributed by atoms with E-state index in [4.69, 9.17) is 0 Å². The molecular weight excluding hydrogens is 302 g/mol. The number of carbonyl (C=O) groups is 2. The summed E-state index contributed by atoms with van der Waals surface area (Å²) in [4.78, 5) is 27.3. The van der Waals surface area contributed by atoms with Crippen LogP contribution in [0.25, 0.3) is 0 Å². The van der Waals surface area contributed by atoms with Gasteiger partial charge in [0.2, 0.25) is 5.91 Å². The highest BCUT2D eigenvalue weighted by atomic mass is 16.2. The summed E-state index contributed by atoms with van der Waals surface area (Å²) in [6.45, 7) is 10.2. The van der Waals surface area contributed by atoms with E-state index in [1.54, 1.807) is 30.0 Å². The number of likely N-dealkylation sites (N-methyl/N-ethyl adjacent to an activating group) is 2. The highest BCUT2D eigenvalue weighted by Gasteiger charge is 2.26. The third-order valence-electron chi connectivity index (χ3n) is 4.90. The molecule has 0 aromatic carbocycles. The average Bonchev–Trinajstić information content (AvgIpc) is 2.53. The average molecular weight is 335 g/mol. The van der Waals surface area contributed by atoms with Gasteiger partial charge in [0.15, 0.2) is 0 Å². The normalized spacial score (nSPS) is 17.1. The molecule has 0 heterocycles. The number of allylic oxidation sites excluding steroid dienone is 3. The third-order valence-corrected chi connectivity index (χ3v) is 4.90. The van der Waals surface area contributed by atoms with E-state index < -0.39 is 0 Å². The summed E-state index contributed by atoms with van der Waals surface area (Å²) in [5.41, 5.74) is 2.81. The van der Waals surface area contributed by atoms with E-state index in [0.29, 0.717) is 19.6 Å². The Morgan fingerprint density at radius 1 is 1.29 bits per heavy atom. The topological polar surface area (TPSA) is 52.7 Å². The molecule has 0 fully saturated rings. The van der Waals surface area contributed by atoms with Crippen molar-refractivity contribution in [3.8, 4) is 0 Å². The van der Waals surface area contributed by atoms with Crippen molar-refractivity contribution in [3.05, 3.63) is 23.3 Å². The molecule has 0 saturated carbocycles. The molecule has 0 bridgehead atoms. The maximum atomic E-state index is 12.3. The minimum atomic E-state index is -0.112. The van der Waals surface area contributed by atoms with Gasteiger partial charge in [-0.2, -0.15) is 0 Å². The van der Waals surface area contributed by atoms with Gasteiger partial charge in [-0.05, 0) is 44.1 Å². The fraction of sp³-hybridized carbons (Fsp3) is 0.684. The van der Waals surface area contributed by atoms with Crippen LogP contribution in [0.3, 0.4) is 0 Å². The molecule has 136 valence electrons. The zero-order chi connectivity index (χ0) is 18.3. The molecule has 1 N–H and O–H groups in total. The van der Waals surface area contributed by atoms with Crippen molar-refractivity contribution in [2.24, 2.45) is 5.41 Å². The van der Waals surface area contributed by atoms with Crippen LogP contribution < -0.4 is 5.32 Å². The number of nitrogens with zero attached hydrogens (tertiary/aromatic N) is 2. The summed E-state index contributed by atoms with van der Waals surface area (Å²) in [5, 5.41) is 2.61. The van der Waals surface area contributed by atoms with E-state index in [-0.39, 0.29) is 17.4 Å². The predicted octanol–water partition coefficient (Wildman–Crippen LogP) is 3.19. The molecule has 5 nitrogen and oxygen atoms in total. The minimum Gasteiger partial charge on any atom is -0.341 e. The van der Waals surface area contributed by atoms with Crippen LogP contribution in [0.2, 0.25) is 0 Å². The maximum Gasteiger partial charge on any atom is 0.317 e.